The van der Waals surface area contributed by atoms with Gasteiger partial charge in [-0.05, 0) is 32.3 Å². The molecule has 4 nitrogen and oxygen atoms in total. The van der Waals surface area contributed by atoms with E-state index < -0.39 is 0 Å². The smallest absolute Gasteiger partial charge is 0.317 e. The van der Waals surface area contributed by atoms with E-state index in [4.69, 9.17) is 0 Å². The van der Waals surface area contributed by atoms with Crippen molar-refractivity contribution in [3.63, 3.8) is 0 Å². The summed E-state index contributed by atoms with van der Waals surface area (Å²) < 4.78 is 0. The maximum atomic E-state index is 12.4. The van der Waals surface area contributed by atoms with Crippen molar-refractivity contribution in [3.8, 4) is 0 Å². The molecule has 0 radical (unpaired) electrons. The highest BCUT2D eigenvalue weighted by atomic mass is 16.3. The molecule has 2 rings (SSSR count). The van der Waals surface area contributed by atoms with Gasteiger partial charge in [-0.1, -0.05) is 43.7 Å². The van der Waals surface area contributed by atoms with Crippen LogP contribution in [0.4, 0.5) is 4.79 Å². The molecule has 0 aromatic heterocycles. The SMILES string of the molecule is Cc1ccc(C(C)(C)CNC(=O)N2CCCC(C(C)O)C2)cc1. The van der Waals surface area contributed by atoms with Crippen LogP contribution in [0.3, 0.4) is 0 Å². The standard InChI is InChI=1S/C19H30N2O2/c1-14-7-9-17(10-8-14)19(3,4)13-20-18(23)21-11-5-6-16(12-21)15(2)22/h7-10,15-16,22H,5-6,11-13H2,1-4H3,(H,20,23). The van der Waals surface area contributed by atoms with Crippen LogP contribution in [0.5, 0.6) is 0 Å². The van der Waals surface area contributed by atoms with Crippen molar-refractivity contribution in [2.45, 2.75) is 52.1 Å². The fourth-order valence-electron chi connectivity index (χ4n) is 3.10. The number of aliphatic hydroxyl groups excluding tert-OH is 1. The number of carbonyl (C=O) groups excluding carboxylic acids is 1. The number of benzene rings is 1. The second-order valence-corrected chi connectivity index (χ2v) is 7.50. The molecule has 1 saturated heterocycles. The lowest BCUT2D eigenvalue weighted by molar-refractivity contribution is 0.0737. The second-order valence-electron chi connectivity index (χ2n) is 7.50. The maximum absolute atomic E-state index is 12.4. The first-order chi connectivity index (χ1) is 10.8. The van der Waals surface area contributed by atoms with Gasteiger partial charge in [0.05, 0.1) is 6.10 Å². The first kappa shape index (κ1) is 17.8. The summed E-state index contributed by atoms with van der Waals surface area (Å²) in [6, 6.07) is 8.46. The topological polar surface area (TPSA) is 52.6 Å². The predicted octanol–water partition coefficient (Wildman–Crippen LogP) is 3.08. The highest BCUT2D eigenvalue weighted by Crippen LogP contribution is 2.23. The number of urea groups is 1. The van der Waals surface area contributed by atoms with Crippen LogP contribution in [0.1, 0.15) is 44.7 Å². The lowest BCUT2D eigenvalue weighted by atomic mass is 9.84. The summed E-state index contributed by atoms with van der Waals surface area (Å²) in [5.74, 6) is 0.194. The molecule has 1 aromatic carbocycles. The fourth-order valence-corrected chi connectivity index (χ4v) is 3.10. The number of likely N-dealkylation sites (tertiary alicyclic amines) is 1. The number of hydrogen-bond acceptors (Lipinski definition) is 2. The zero-order chi connectivity index (χ0) is 17.0. The van der Waals surface area contributed by atoms with Gasteiger partial charge in [0.25, 0.3) is 0 Å². The molecule has 1 fully saturated rings. The number of aliphatic hydroxyl groups is 1. The van der Waals surface area contributed by atoms with E-state index in [0.29, 0.717) is 13.1 Å². The predicted molar refractivity (Wildman–Crippen MR) is 93.6 cm³/mol. The Labute approximate surface area is 139 Å². The van der Waals surface area contributed by atoms with Gasteiger partial charge in [-0.2, -0.15) is 0 Å². The first-order valence-electron chi connectivity index (χ1n) is 8.57. The number of piperidine rings is 1. The normalized spacial score (nSPS) is 20.2. The van der Waals surface area contributed by atoms with Crippen LogP contribution in [-0.2, 0) is 5.41 Å². The number of hydrogen-bond donors (Lipinski definition) is 2. The van der Waals surface area contributed by atoms with Crippen LogP contribution >= 0.6 is 0 Å². The van der Waals surface area contributed by atoms with Crippen LogP contribution in [-0.4, -0.2) is 41.8 Å². The molecule has 2 N–H and O–H groups in total. The molecule has 0 saturated carbocycles. The van der Waals surface area contributed by atoms with Crippen LogP contribution < -0.4 is 5.32 Å². The minimum absolute atomic E-state index is 0.0180. The summed E-state index contributed by atoms with van der Waals surface area (Å²) >= 11 is 0. The lowest BCUT2D eigenvalue weighted by Gasteiger charge is -2.35. The third-order valence-electron chi connectivity index (χ3n) is 4.94. The van der Waals surface area contributed by atoms with E-state index in [2.05, 4.69) is 50.4 Å². The number of carbonyl (C=O) groups is 1. The van der Waals surface area contributed by atoms with Crippen LogP contribution in [0.25, 0.3) is 0 Å². The van der Waals surface area contributed by atoms with E-state index in [-0.39, 0.29) is 23.5 Å². The highest BCUT2D eigenvalue weighted by Gasteiger charge is 2.28. The van der Waals surface area contributed by atoms with Gasteiger partial charge in [0.1, 0.15) is 0 Å². The van der Waals surface area contributed by atoms with E-state index in [1.807, 2.05) is 11.8 Å². The Hall–Kier alpha value is -1.55. The average Bonchev–Trinajstić information content (AvgIpc) is 2.53. The second kappa shape index (κ2) is 7.35. The first-order valence-corrected chi connectivity index (χ1v) is 8.57. The molecule has 1 aromatic rings. The van der Waals surface area contributed by atoms with E-state index in [1.54, 1.807) is 0 Å². The molecule has 0 bridgehead atoms. The molecule has 2 unspecified atom stereocenters. The summed E-state index contributed by atoms with van der Waals surface area (Å²) in [5.41, 5.74) is 2.36. The van der Waals surface area contributed by atoms with Crippen molar-refractivity contribution in [1.29, 1.82) is 0 Å². The van der Waals surface area contributed by atoms with Gasteiger partial charge in [0, 0.05) is 31.0 Å². The Kier molecular flexibility index (Phi) is 5.69. The quantitative estimate of drug-likeness (QED) is 0.896. The van der Waals surface area contributed by atoms with E-state index in [9.17, 15) is 9.90 Å². The van der Waals surface area contributed by atoms with Crippen molar-refractivity contribution in [2.75, 3.05) is 19.6 Å². The summed E-state index contributed by atoms with van der Waals surface area (Å²) in [5, 5.41) is 12.8. The zero-order valence-electron chi connectivity index (χ0n) is 14.8. The zero-order valence-corrected chi connectivity index (χ0v) is 14.8. The molecule has 2 atom stereocenters. The molecule has 0 spiro atoms. The number of amides is 2. The van der Waals surface area contributed by atoms with Crippen LogP contribution in [0.15, 0.2) is 24.3 Å². The molecular formula is C19H30N2O2. The Morgan fingerprint density at radius 3 is 2.65 bits per heavy atom. The van der Waals surface area contributed by atoms with Crippen molar-refractivity contribution in [3.05, 3.63) is 35.4 Å². The molecule has 23 heavy (non-hydrogen) atoms. The number of nitrogens with one attached hydrogen (secondary N) is 1. The third kappa shape index (κ3) is 4.71. The number of aryl methyl sites for hydroxylation is 1. The van der Waals surface area contributed by atoms with Crippen molar-refractivity contribution >= 4 is 6.03 Å². The number of rotatable bonds is 4. The molecule has 1 aliphatic rings. The Bertz CT molecular complexity index is 523. The Balaban J connectivity index is 1.91. The minimum atomic E-state index is -0.352. The van der Waals surface area contributed by atoms with E-state index >= 15 is 0 Å². The summed E-state index contributed by atoms with van der Waals surface area (Å²) in [7, 11) is 0. The van der Waals surface area contributed by atoms with E-state index in [1.165, 1.54) is 11.1 Å². The van der Waals surface area contributed by atoms with Gasteiger partial charge >= 0.3 is 6.03 Å². The Morgan fingerprint density at radius 2 is 2.04 bits per heavy atom. The summed E-state index contributed by atoms with van der Waals surface area (Å²) in [6.45, 7) is 10.2. The molecule has 4 heteroatoms. The van der Waals surface area contributed by atoms with Crippen molar-refractivity contribution in [2.24, 2.45) is 5.92 Å². The fraction of sp³-hybridized carbons (Fsp3) is 0.632. The minimum Gasteiger partial charge on any atom is -0.393 e. The van der Waals surface area contributed by atoms with Gasteiger partial charge in [-0.3, -0.25) is 0 Å². The summed E-state index contributed by atoms with van der Waals surface area (Å²) in [4.78, 5) is 14.3. The van der Waals surface area contributed by atoms with E-state index in [0.717, 1.165) is 19.4 Å². The third-order valence-corrected chi connectivity index (χ3v) is 4.94. The Morgan fingerprint density at radius 1 is 1.39 bits per heavy atom. The molecule has 1 heterocycles. The van der Waals surface area contributed by atoms with Gasteiger partial charge < -0.3 is 15.3 Å². The molecule has 128 valence electrons. The van der Waals surface area contributed by atoms with Gasteiger partial charge in [-0.15, -0.1) is 0 Å². The molecule has 2 amide bonds. The van der Waals surface area contributed by atoms with Crippen LogP contribution in [0.2, 0.25) is 0 Å². The highest BCUT2D eigenvalue weighted by molar-refractivity contribution is 5.74. The van der Waals surface area contributed by atoms with Crippen molar-refractivity contribution in [1.82, 2.24) is 10.2 Å². The summed E-state index contributed by atoms with van der Waals surface area (Å²) in [6.07, 6.45) is 1.61. The lowest BCUT2D eigenvalue weighted by Crippen LogP contribution is -2.49. The molecule has 0 aliphatic carbocycles. The van der Waals surface area contributed by atoms with Gasteiger partial charge in [-0.25, -0.2) is 4.79 Å². The van der Waals surface area contributed by atoms with Gasteiger partial charge in [0.2, 0.25) is 0 Å². The van der Waals surface area contributed by atoms with Gasteiger partial charge in [0.15, 0.2) is 0 Å². The van der Waals surface area contributed by atoms with Crippen LogP contribution in [0, 0.1) is 12.8 Å². The average molecular weight is 318 g/mol. The number of nitrogens with zero attached hydrogens (tertiary/aromatic N) is 1. The molecular weight excluding hydrogens is 288 g/mol. The largest absolute Gasteiger partial charge is 0.393 e. The van der Waals surface area contributed by atoms with Crippen molar-refractivity contribution < 1.29 is 9.90 Å². The molecule has 1 aliphatic heterocycles. The monoisotopic (exact) mass is 318 g/mol. The maximum Gasteiger partial charge on any atom is 0.317 e.